The number of benzene rings is 3. The summed E-state index contributed by atoms with van der Waals surface area (Å²) in [7, 11) is 0. The minimum Gasteiger partial charge on any atom is -0.476 e. The van der Waals surface area contributed by atoms with Crippen LogP contribution in [0.3, 0.4) is 0 Å². The second-order valence-electron chi connectivity index (χ2n) is 11.2. The van der Waals surface area contributed by atoms with Crippen molar-refractivity contribution in [2.75, 3.05) is 26.2 Å². The maximum Gasteiger partial charge on any atom is 0.355 e. The van der Waals surface area contributed by atoms with Crippen LogP contribution in [-0.2, 0) is 11.3 Å². The molecule has 1 fully saturated rings. The Balaban J connectivity index is 1.16. The number of aromatic carboxylic acids is 1. The summed E-state index contributed by atoms with van der Waals surface area (Å²) in [5.41, 5.74) is 3.57. The molecule has 3 heterocycles. The van der Waals surface area contributed by atoms with Crippen LogP contribution in [0, 0.1) is 0 Å². The van der Waals surface area contributed by atoms with Gasteiger partial charge in [-0.25, -0.2) is 9.48 Å². The Labute approximate surface area is 260 Å². The number of piperazine rings is 1. The summed E-state index contributed by atoms with van der Waals surface area (Å²) in [5, 5.41) is 20.8. The van der Waals surface area contributed by atoms with Crippen molar-refractivity contribution in [1.82, 2.24) is 35.1 Å². The molecule has 2 amide bonds. The van der Waals surface area contributed by atoms with Gasteiger partial charge in [0.15, 0.2) is 5.69 Å². The summed E-state index contributed by atoms with van der Waals surface area (Å²) in [6, 6.07) is 29.4. The number of nitrogens with one attached hydrogen (secondary N) is 2. The lowest BCUT2D eigenvalue weighted by atomic mass is 9.96. The molecule has 5 aromatic rings. The van der Waals surface area contributed by atoms with Gasteiger partial charge in [0, 0.05) is 43.6 Å². The molecule has 1 saturated heterocycles. The van der Waals surface area contributed by atoms with Crippen molar-refractivity contribution in [2.45, 2.75) is 31.5 Å². The zero-order chi connectivity index (χ0) is 31.2. The minimum absolute atomic E-state index is 0.0255. The predicted octanol–water partition coefficient (Wildman–Crippen LogP) is 3.97. The fraction of sp³-hybridized carbons (Fsp3) is 0.265. The maximum absolute atomic E-state index is 14.0. The van der Waals surface area contributed by atoms with Crippen LogP contribution in [0.4, 0.5) is 0 Å². The lowest BCUT2D eigenvalue weighted by Crippen LogP contribution is -2.55. The molecule has 3 aromatic carbocycles. The molecule has 6 rings (SSSR count). The predicted molar refractivity (Wildman–Crippen MR) is 169 cm³/mol. The summed E-state index contributed by atoms with van der Waals surface area (Å²) in [5.74, 6) is -1.66. The highest BCUT2D eigenvalue weighted by molar-refractivity contribution is 6.00. The molecule has 1 aliphatic heterocycles. The third-order valence-corrected chi connectivity index (χ3v) is 8.30. The van der Waals surface area contributed by atoms with E-state index in [2.05, 4.69) is 49.8 Å². The molecule has 1 atom stereocenters. The number of para-hydroxylation sites is 1. The third kappa shape index (κ3) is 6.78. The first-order valence-electron chi connectivity index (χ1n) is 15.1. The minimum atomic E-state index is -1.12. The number of fused-ring (bicyclic) bond motifs is 1. The van der Waals surface area contributed by atoms with Crippen LogP contribution in [0.5, 0.6) is 0 Å². The number of rotatable bonds is 11. The number of aromatic nitrogens is 4. The summed E-state index contributed by atoms with van der Waals surface area (Å²) in [6.45, 7) is 2.62. The summed E-state index contributed by atoms with van der Waals surface area (Å²) >= 11 is 0. The second-order valence-corrected chi connectivity index (χ2v) is 11.2. The third-order valence-electron chi connectivity index (χ3n) is 8.30. The van der Waals surface area contributed by atoms with Crippen molar-refractivity contribution < 1.29 is 19.5 Å². The van der Waals surface area contributed by atoms with E-state index in [1.54, 1.807) is 6.07 Å². The molecule has 11 nitrogen and oxygen atoms in total. The molecule has 230 valence electrons. The van der Waals surface area contributed by atoms with Crippen LogP contribution >= 0.6 is 0 Å². The lowest BCUT2D eigenvalue weighted by molar-refractivity contribution is -0.135. The number of aryl methyl sites for hydroxylation is 1. The van der Waals surface area contributed by atoms with Gasteiger partial charge in [-0.15, -0.1) is 5.10 Å². The number of carbonyl (C=O) groups excluding carboxylic acids is 2. The monoisotopic (exact) mass is 605 g/mol. The van der Waals surface area contributed by atoms with Gasteiger partial charge in [0.1, 0.15) is 11.7 Å². The van der Waals surface area contributed by atoms with E-state index in [0.29, 0.717) is 44.7 Å². The van der Waals surface area contributed by atoms with E-state index in [-0.39, 0.29) is 30.1 Å². The van der Waals surface area contributed by atoms with Gasteiger partial charge in [-0.2, -0.15) is 0 Å². The SMILES string of the molecule is O=C(NC(CCCn1nncc1C(=O)O)C(=O)N1CCN(C(c2ccccc2)c2ccccc2)CC1)c1cc2ccccc2[nH]1. The number of hydrogen-bond donors (Lipinski definition) is 3. The van der Waals surface area contributed by atoms with E-state index in [0.717, 1.165) is 10.9 Å². The van der Waals surface area contributed by atoms with Crippen molar-refractivity contribution in [2.24, 2.45) is 0 Å². The molecule has 0 bridgehead atoms. The lowest BCUT2D eigenvalue weighted by Gasteiger charge is -2.40. The number of amides is 2. The van der Waals surface area contributed by atoms with Gasteiger partial charge in [-0.1, -0.05) is 84.1 Å². The number of carbonyl (C=O) groups is 3. The first kappa shape index (κ1) is 29.8. The van der Waals surface area contributed by atoms with Crippen LogP contribution in [-0.4, -0.2) is 84.9 Å². The molecule has 1 aliphatic rings. The Morgan fingerprint density at radius 1 is 0.867 bits per heavy atom. The first-order valence-corrected chi connectivity index (χ1v) is 15.1. The van der Waals surface area contributed by atoms with Crippen molar-refractivity contribution in [1.29, 1.82) is 0 Å². The highest BCUT2D eigenvalue weighted by atomic mass is 16.4. The van der Waals surface area contributed by atoms with Crippen LogP contribution in [0.1, 0.15) is 51.0 Å². The van der Waals surface area contributed by atoms with Crippen molar-refractivity contribution >= 4 is 28.7 Å². The fourth-order valence-electron chi connectivity index (χ4n) is 6.03. The van der Waals surface area contributed by atoms with E-state index in [1.165, 1.54) is 22.0 Å². The molecule has 3 N–H and O–H groups in total. The molecule has 0 aliphatic carbocycles. The van der Waals surface area contributed by atoms with Crippen molar-refractivity contribution in [3.63, 3.8) is 0 Å². The first-order chi connectivity index (χ1) is 22.0. The molecule has 0 saturated carbocycles. The number of hydrogen-bond acceptors (Lipinski definition) is 6. The Morgan fingerprint density at radius 3 is 2.16 bits per heavy atom. The van der Waals surface area contributed by atoms with E-state index in [1.807, 2.05) is 65.6 Å². The van der Waals surface area contributed by atoms with Crippen LogP contribution in [0.25, 0.3) is 10.9 Å². The summed E-state index contributed by atoms with van der Waals surface area (Å²) in [4.78, 5) is 46.2. The van der Waals surface area contributed by atoms with Crippen LogP contribution in [0.15, 0.2) is 97.2 Å². The number of nitrogens with zero attached hydrogens (tertiary/aromatic N) is 5. The molecule has 0 radical (unpaired) electrons. The quantitative estimate of drug-likeness (QED) is 0.207. The van der Waals surface area contributed by atoms with Gasteiger partial charge in [0.2, 0.25) is 5.91 Å². The Kier molecular flexibility index (Phi) is 8.97. The van der Waals surface area contributed by atoms with Gasteiger partial charge in [-0.3, -0.25) is 14.5 Å². The Bertz CT molecular complexity index is 1690. The molecule has 1 unspecified atom stereocenters. The maximum atomic E-state index is 14.0. The van der Waals surface area contributed by atoms with Crippen LogP contribution in [0.2, 0.25) is 0 Å². The van der Waals surface area contributed by atoms with Crippen LogP contribution < -0.4 is 5.32 Å². The van der Waals surface area contributed by atoms with Gasteiger partial charge < -0.3 is 20.3 Å². The fourth-order valence-corrected chi connectivity index (χ4v) is 6.03. The molecule has 11 heteroatoms. The van der Waals surface area contributed by atoms with Crippen molar-refractivity contribution in [3.8, 4) is 0 Å². The normalized spacial score (nSPS) is 14.5. The number of aromatic amines is 1. The smallest absolute Gasteiger partial charge is 0.355 e. The van der Waals surface area contributed by atoms with Gasteiger partial charge in [0.05, 0.1) is 12.2 Å². The topological polar surface area (TPSA) is 136 Å². The summed E-state index contributed by atoms with van der Waals surface area (Å²) in [6.07, 6.45) is 1.91. The number of carboxylic acids is 1. The summed E-state index contributed by atoms with van der Waals surface area (Å²) < 4.78 is 1.30. The number of H-pyrrole nitrogens is 1. The molecule has 0 spiro atoms. The van der Waals surface area contributed by atoms with E-state index >= 15 is 0 Å². The van der Waals surface area contributed by atoms with Gasteiger partial charge >= 0.3 is 5.97 Å². The molecule has 2 aromatic heterocycles. The number of carboxylic acid groups (broad SMARTS) is 1. The van der Waals surface area contributed by atoms with Gasteiger partial charge in [0.25, 0.3) is 5.91 Å². The van der Waals surface area contributed by atoms with E-state index < -0.39 is 12.0 Å². The zero-order valence-electron chi connectivity index (χ0n) is 24.8. The van der Waals surface area contributed by atoms with Crippen molar-refractivity contribution in [3.05, 3.63) is 120 Å². The zero-order valence-corrected chi connectivity index (χ0v) is 24.8. The van der Waals surface area contributed by atoms with E-state index in [4.69, 9.17) is 0 Å². The van der Waals surface area contributed by atoms with Gasteiger partial charge in [-0.05, 0) is 36.1 Å². The highest BCUT2D eigenvalue weighted by Gasteiger charge is 2.32. The largest absolute Gasteiger partial charge is 0.476 e. The average molecular weight is 606 g/mol. The van der Waals surface area contributed by atoms with E-state index in [9.17, 15) is 19.5 Å². The molecule has 45 heavy (non-hydrogen) atoms. The second kappa shape index (κ2) is 13.6. The Morgan fingerprint density at radius 2 is 1.51 bits per heavy atom. The standard InChI is InChI=1S/C34H35N7O4/c42-32(29-22-26-14-7-8-15-27(26)36-29)37-28(16-9-17-41-30(34(44)45)23-35-38-41)33(43)40-20-18-39(19-21-40)31(24-10-3-1-4-11-24)25-12-5-2-6-13-25/h1-8,10-15,22-23,28,31,36H,9,16-21H2,(H,37,42)(H,44,45). The molecular weight excluding hydrogens is 570 g/mol. The Hall–Kier alpha value is -5.29. The average Bonchev–Trinajstić information content (AvgIpc) is 3.73. The highest BCUT2D eigenvalue weighted by Crippen LogP contribution is 2.29. The molecular formula is C34H35N7O4.